The van der Waals surface area contributed by atoms with E-state index >= 15 is 0 Å². The lowest BCUT2D eigenvalue weighted by Gasteiger charge is -2.29. The summed E-state index contributed by atoms with van der Waals surface area (Å²) in [7, 11) is 0. The average Bonchev–Trinajstić information content (AvgIpc) is 3.02. The predicted octanol–water partition coefficient (Wildman–Crippen LogP) is 0.562. The van der Waals surface area contributed by atoms with Gasteiger partial charge in [-0.15, -0.1) is 11.3 Å². The van der Waals surface area contributed by atoms with Crippen molar-refractivity contribution in [2.45, 2.75) is 19.5 Å². The topological polar surface area (TPSA) is 38.0 Å². The molecule has 2 aromatic rings. The molecule has 0 saturated carbocycles. The van der Waals surface area contributed by atoms with Crippen molar-refractivity contribution in [2.75, 3.05) is 32.7 Å². The van der Waals surface area contributed by atoms with Gasteiger partial charge in [-0.2, -0.15) is 0 Å². The van der Waals surface area contributed by atoms with Crippen LogP contribution in [0.5, 0.6) is 0 Å². The molecule has 2 heterocycles. The molecule has 3 rings (SSSR count). The summed E-state index contributed by atoms with van der Waals surface area (Å²) in [5, 5.41) is 3.12. The second kappa shape index (κ2) is 8.81. The number of halogens is 1. The van der Waals surface area contributed by atoms with E-state index in [1.165, 1.54) is 9.78 Å². The summed E-state index contributed by atoms with van der Waals surface area (Å²) in [6.45, 7) is 7.94. The van der Waals surface area contributed by atoms with Crippen molar-refractivity contribution >= 4 is 28.8 Å². The van der Waals surface area contributed by atoms with Gasteiger partial charge in [0.2, 0.25) is 0 Å². The molecule has 1 aromatic heterocycles. The van der Waals surface area contributed by atoms with Crippen molar-refractivity contribution in [1.29, 1.82) is 0 Å². The van der Waals surface area contributed by atoms with Crippen molar-refractivity contribution in [3.63, 3.8) is 0 Å². The Morgan fingerprint density at radius 1 is 1.12 bits per heavy atom. The van der Waals surface area contributed by atoms with Crippen LogP contribution in [0.3, 0.4) is 0 Å². The quantitative estimate of drug-likeness (QED) is 0.674. The smallest absolute Gasteiger partial charge is 0.275 e. The van der Waals surface area contributed by atoms with Crippen LogP contribution in [-0.4, -0.2) is 38.6 Å². The van der Waals surface area contributed by atoms with Gasteiger partial charge < -0.3 is 15.1 Å². The van der Waals surface area contributed by atoms with Gasteiger partial charge in [0.1, 0.15) is 32.7 Å². The summed E-state index contributed by atoms with van der Waals surface area (Å²) in [4.78, 5) is 16.6. The van der Waals surface area contributed by atoms with Gasteiger partial charge >= 0.3 is 0 Å². The Morgan fingerprint density at radius 3 is 2.44 bits per heavy atom. The van der Waals surface area contributed by atoms with E-state index in [-0.39, 0.29) is 11.9 Å². The molecule has 3 N–H and O–H groups in total. The highest BCUT2D eigenvalue weighted by Gasteiger charge is 2.25. The first-order valence-corrected chi connectivity index (χ1v) is 10.1. The summed E-state index contributed by atoms with van der Waals surface area (Å²) in [5.41, 5.74) is 1.15. The third kappa shape index (κ3) is 5.54. The van der Waals surface area contributed by atoms with E-state index in [1.807, 2.05) is 31.2 Å². The number of hydrogen-bond acceptors (Lipinski definition) is 2. The zero-order valence-electron chi connectivity index (χ0n) is 14.6. The SMILES string of the molecule is C[C@@H](NC(=O)C[NH+]1CC[NH+](Cc2ccc(Cl)s2)CC1)c1ccccc1. The van der Waals surface area contributed by atoms with Gasteiger partial charge in [-0.3, -0.25) is 4.79 Å². The van der Waals surface area contributed by atoms with Gasteiger partial charge in [-0.1, -0.05) is 41.9 Å². The van der Waals surface area contributed by atoms with E-state index in [9.17, 15) is 4.79 Å². The van der Waals surface area contributed by atoms with E-state index < -0.39 is 0 Å². The number of nitrogens with one attached hydrogen (secondary N) is 3. The second-order valence-corrected chi connectivity index (χ2v) is 8.56. The number of amides is 1. The van der Waals surface area contributed by atoms with Gasteiger partial charge in [0.25, 0.3) is 5.91 Å². The average molecular weight is 380 g/mol. The van der Waals surface area contributed by atoms with Crippen molar-refractivity contribution in [1.82, 2.24) is 5.32 Å². The van der Waals surface area contributed by atoms with E-state index in [1.54, 1.807) is 16.2 Å². The maximum absolute atomic E-state index is 12.3. The van der Waals surface area contributed by atoms with Gasteiger partial charge in [-0.05, 0) is 24.6 Å². The Kier molecular flexibility index (Phi) is 6.48. The van der Waals surface area contributed by atoms with Crippen LogP contribution in [0, 0.1) is 0 Å². The third-order valence-electron chi connectivity index (χ3n) is 4.80. The Morgan fingerprint density at radius 2 is 1.80 bits per heavy atom. The van der Waals surface area contributed by atoms with Crippen molar-refractivity contribution in [3.05, 3.63) is 57.2 Å². The molecule has 1 aliphatic rings. The fraction of sp³-hybridized carbons (Fsp3) is 0.421. The molecule has 25 heavy (non-hydrogen) atoms. The lowest BCUT2D eigenvalue weighted by Crippen LogP contribution is -3.28. The fourth-order valence-corrected chi connectivity index (χ4v) is 4.51. The summed E-state index contributed by atoms with van der Waals surface area (Å²) in [6, 6.07) is 14.3. The van der Waals surface area contributed by atoms with Crippen LogP contribution in [0.25, 0.3) is 0 Å². The highest BCUT2D eigenvalue weighted by atomic mass is 35.5. The Balaban J connectivity index is 1.40. The van der Waals surface area contributed by atoms with Crippen LogP contribution in [0.2, 0.25) is 4.34 Å². The molecule has 6 heteroatoms. The molecule has 1 amide bonds. The first-order valence-electron chi connectivity index (χ1n) is 8.86. The zero-order valence-corrected chi connectivity index (χ0v) is 16.1. The Hall–Kier alpha value is -1.40. The molecular weight excluding hydrogens is 354 g/mol. The lowest BCUT2D eigenvalue weighted by atomic mass is 10.1. The molecule has 0 unspecified atom stereocenters. The number of thiophene rings is 1. The Labute approximate surface area is 158 Å². The summed E-state index contributed by atoms with van der Waals surface area (Å²) in [6.07, 6.45) is 0. The van der Waals surface area contributed by atoms with Crippen LogP contribution in [0.4, 0.5) is 0 Å². The monoisotopic (exact) mass is 379 g/mol. The maximum Gasteiger partial charge on any atom is 0.275 e. The van der Waals surface area contributed by atoms with Crippen LogP contribution >= 0.6 is 22.9 Å². The summed E-state index contributed by atoms with van der Waals surface area (Å²) < 4.78 is 0.864. The minimum Gasteiger partial charge on any atom is -0.345 e. The van der Waals surface area contributed by atoms with Crippen LogP contribution < -0.4 is 15.1 Å². The van der Waals surface area contributed by atoms with Crippen LogP contribution in [0.15, 0.2) is 42.5 Å². The van der Waals surface area contributed by atoms with E-state index in [0.717, 1.165) is 42.6 Å². The van der Waals surface area contributed by atoms with Gasteiger partial charge in [0, 0.05) is 0 Å². The van der Waals surface area contributed by atoms with Crippen molar-refractivity contribution in [2.24, 2.45) is 0 Å². The molecule has 0 spiro atoms. The molecule has 1 saturated heterocycles. The molecule has 134 valence electrons. The Bertz CT molecular complexity index is 683. The van der Waals surface area contributed by atoms with Gasteiger partial charge in [-0.25, -0.2) is 0 Å². The normalized spacial score (nSPS) is 21.7. The minimum atomic E-state index is 0.0589. The van der Waals surface area contributed by atoms with Crippen LogP contribution in [-0.2, 0) is 11.3 Å². The second-order valence-electron chi connectivity index (χ2n) is 6.76. The van der Waals surface area contributed by atoms with Crippen LogP contribution in [0.1, 0.15) is 23.4 Å². The zero-order chi connectivity index (χ0) is 17.6. The van der Waals surface area contributed by atoms with E-state index in [2.05, 4.69) is 23.5 Å². The summed E-state index contributed by atoms with van der Waals surface area (Å²) >= 11 is 7.68. The molecule has 4 nitrogen and oxygen atoms in total. The molecule has 0 aliphatic carbocycles. The molecule has 0 bridgehead atoms. The number of carbonyl (C=O) groups is 1. The van der Waals surface area contributed by atoms with E-state index in [0.29, 0.717) is 6.54 Å². The lowest BCUT2D eigenvalue weighted by molar-refractivity contribution is -1.01. The molecule has 1 atom stereocenters. The van der Waals surface area contributed by atoms with Gasteiger partial charge in [0.05, 0.1) is 15.3 Å². The van der Waals surface area contributed by atoms with Crippen molar-refractivity contribution in [3.8, 4) is 0 Å². The fourth-order valence-electron chi connectivity index (χ4n) is 3.35. The number of benzene rings is 1. The van der Waals surface area contributed by atoms with Crippen molar-refractivity contribution < 1.29 is 14.6 Å². The largest absolute Gasteiger partial charge is 0.345 e. The molecule has 1 fully saturated rings. The number of piperazine rings is 1. The predicted molar refractivity (Wildman–Crippen MR) is 102 cm³/mol. The third-order valence-corrected chi connectivity index (χ3v) is 6.04. The highest BCUT2D eigenvalue weighted by Crippen LogP contribution is 2.20. The number of carbonyl (C=O) groups excluding carboxylic acids is 1. The summed E-state index contributed by atoms with van der Waals surface area (Å²) in [5.74, 6) is 0.139. The maximum atomic E-state index is 12.3. The standard InChI is InChI=1S/C19H24ClN3OS/c1-15(16-5-3-2-4-6-16)21-19(24)14-23-11-9-22(10-12-23)13-17-7-8-18(20)25-17/h2-8,15H,9-14H2,1H3,(H,21,24)/p+2/t15-/m1/s1. The first kappa shape index (κ1) is 18.4. The highest BCUT2D eigenvalue weighted by molar-refractivity contribution is 7.16. The molecular formula is C19H26ClN3OS+2. The first-order chi connectivity index (χ1) is 12.1. The molecule has 1 aliphatic heterocycles. The molecule has 0 radical (unpaired) electrons. The molecule has 1 aromatic carbocycles. The number of rotatable bonds is 6. The number of quaternary nitrogens is 2. The van der Waals surface area contributed by atoms with Gasteiger partial charge in [0.15, 0.2) is 6.54 Å². The minimum absolute atomic E-state index is 0.0589. The van der Waals surface area contributed by atoms with E-state index in [4.69, 9.17) is 11.6 Å². The number of hydrogen-bond donors (Lipinski definition) is 3.